The van der Waals surface area contributed by atoms with Crippen molar-refractivity contribution in [3.05, 3.63) is 49.5 Å². The molecule has 15 heavy (non-hydrogen) atoms. The van der Waals surface area contributed by atoms with Crippen LogP contribution in [0.4, 0.5) is 0 Å². The van der Waals surface area contributed by atoms with Crippen LogP contribution in [0.25, 0.3) is 0 Å². The Labute approximate surface area is 114 Å². The Kier molecular flexibility index (Phi) is 4.31. The highest BCUT2D eigenvalue weighted by atomic mass is 79.9. The zero-order valence-corrected chi connectivity index (χ0v) is 12.5. The van der Waals surface area contributed by atoms with Gasteiger partial charge in [-0.2, -0.15) is 0 Å². The summed E-state index contributed by atoms with van der Waals surface area (Å²) in [5.74, 6) is 1.02. The fraction of sp³-hybridized carbons (Fsp3) is 0.0909. The molecule has 0 nitrogen and oxygen atoms in total. The number of rotatable bonds is 3. The largest absolute Gasteiger partial charge is 0.147 e. The van der Waals surface area contributed by atoms with E-state index in [-0.39, 0.29) is 0 Å². The van der Waals surface area contributed by atoms with Crippen LogP contribution < -0.4 is 0 Å². The molecule has 2 rings (SSSR count). The van der Waals surface area contributed by atoms with E-state index in [2.05, 4.69) is 61.5 Å². The molecule has 1 aromatic heterocycles. The molecule has 0 aliphatic heterocycles. The summed E-state index contributed by atoms with van der Waals surface area (Å²) in [6.45, 7) is 0. The molecule has 0 aliphatic rings. The van der Waals surface area contributed by atoms with Gasteiger partial charge in [0, 0.05) is 24.5 Å². The summed E-state index contributed by atoms with van der Waals surface area (Å²) >= 11 is 10.7. The molecule has 1 heterocycles. The van der Waals surface area contributed by atoms with E-state index >= 15 is 0 Å². The normalized spacial score (nSPS) is 10.5. The van der Waals surface area contributed by atoms with Crippen LogP contribution in [0.2, 0.25) is 0 Å². The third kappa shape index (κ3) is 3.34. The Balaban J connectivity index is 2.02. The third-order valence-corrected chi connectivity index (χ3v) is 5.48. The summed E-state index contributed by atoms with van der Waals surface area (Å²) in [6, 6.07) is 10.5. The molecule has 0 saturated heterocycles. The van der Waals surface area contributed by atoms with Crippen LogP contribution >= 0.6 is 55.0 Å². The lowest BCUT2D eigenvalue weighted by Crippen LogP contribution is -1.76. The van der Waals surface area contributed by atoms with Gasteiger partial charge in [0.1, 0.15) is 0 Å². The van der Waals surface area contributed by atoms with Crippen molar-refractivity contribution in [2.75, 3.05) is 0 Å². The summed E-state index contributed by atoms with van der Waals surface area (Å²) in [7, 11) is 0. The first kappa shape index (κ1) is 11.7. The molecule has 0 radical (unpaired) electrons. The van der Waals surface area contributed by atoms with Crippen LogP contribution in [0.15, 0.2) is 49.6 Å². The van der Waals surface area contributed by atoms with E-state index in [1.807, 2.05) is 17.8 Å². The first-order valence-corrected chi connectivity index (χ1v) is 7.81. The minimum atomic E-state index is 1.02. The van der Waals surface area contributed by atoms with Gasteiger partial charge in [-0.25, -0.2) is 0 Å². The number of thiophene rings is 1. The van der Waals surface area contributed by atoms with Gasteiger partial charge >= 0.3 is 0 Å². The van der Waals surface area contributed by atoms with Gasteiger partial charge in [-0.15, -0.1) is 23.1 Å². The maximum absolute atomic E-state index is 3.54. The quantitative estimate of drug-likeness (QED) is 0.642. The fourth-order valence-corrected chi connectivity index (χ4v) is 4.43. The van der Waals surface area contributed by atoms with E-state index in [0.29, 0.717) is 0 Å². The van der Waals surface area contributed by atoms with Gasteiger partial charge in [-0.1, -0.05) is 22.0 Å². The average Bonchev–Trinajstić information content (AvgIpc) is 2.61. The molecule has 0 spiro atoms. The van der Waals surface area contributed by atoms with Crippen LogP contribution in [-0.2, 0) is 5.75 Å². The molecule has 78 valence electrons. The lowest BCUT2D eigenvalue weighted by molar-refractivity contribution is 1.40. The van der Waals surface area contributed by atoms with Crippen LogP contribution in [0.3, 0.4) is 0 Å². The van der Waals surface area contributed by atoms with Crippen molar-refractivity contribution in [2.45, 2.75) is 10.6 Å². The Bertz CT molecular complexity index is 451. The Hall–Kier alpha value is 0.230. The van der Waals surface area contributed by atoms with Gasteiger partial charge < -0.3 is 0 Å². The summed E-state index contributed by atoms with van der Waals surface area (Å²) in [6.07, 6.45) is 0. The molecule has 0 saturated carbocycles. The smallest absolute Gasteiger partial charge is 0.0337 e. The van der Waals surface area contributed by atoms with E-state index in [9.17, 15) is 0 Å². The molecule has 0 fully saturated rings. The highest BCUT2D eigenvalue weighted by molar-refractivity contribution is 9.10. The summed E-state index contributed by atoms with van der Waals surface area (Å²) < 4.78 is 2.35. The second-order valence-corrected chi connectivity index (χ2v) is 6.76. The van der Waals surface area contributed by atoms with E-state index in [1.54, 1.807) is 11.3 Å². The van der Waals surface area contributed by atoms with Crippen molar-refractivity contribution < 1.29 is 0 Å². The van der Waals surface area contributed by atoms with Gasteiger partial charge in [0.15, 0.2) is 0 Å². The monoisotopic (exact) mass is 362 g/mol. The molecule has 1 aromatic carbocycles. The van der Waals surface area contributed by atoms with E-state index in [1.165, 1.54) is 14.2 Å². The molecule has 2 aromatic rings. The zero-order chi connectivity index (χ0) is 10.7. The van der Waals surface area contributed by atoms with Crippen molar-refractivity contribution >= 4 is 55.0 Å². The SMILES string of the molecule is Brc1cccc(SCc2sccc2Br)c1. The van der Waals surface area contributed by atoms with E-state index < -0.39 is 0 Å². The third-order valence-electron chi connectivity index (χ3n) is 1.86. The fourth-order valence-electron chi connectivity index (χ4n) is 1.13. The highest BCUT2D eigenvalue weighted by Gasteiger charge is 2.02. The summed E-state index contributed by atoms with van der Waals surface area (Å²) in [5.41, 5.74) is 0. The molecular formula is C11H8Br2S2. The Morgan fingerprint density at radius 3 is 2.73 bits per heavy atom. The molecule has 0 N–H and O–H groups in total. The lowest BCUT2D eigenvalue weighted by Gasteiger charge is -2.01. The van der Waals surface area contributed by atoms with E-state index in [4.69, 9.17) is 0 Å². The van der Waals surface area contributed by atoms with Crippen LogP contribution in [0, 0.1) is 0 Å². The Morgan fingerprint density at radius 1 is 1.20 bits per heavy atom. The lowest BCUT2D eigenvalue weighted by atomic mass is 10.4. The minimum Gasteiger partial charge on any atom is -0.147 e. The van der Waals surface area contributed by atoms with Crippen LogP contribution in [0.1, 0.15) is 4.88 Å². The molecule has 0 atom stereocenters. The molecular weight excluding hydrogens is 356 g/mol. The molecule has 0 bridgehead atoms. The van der Waals surface area contributed by atoms with Gasteiger partial charge in [0.2, 0.25) is 0 Å². The topological polar surface area (TPSA) is 0 Å². The van der Waals surface area contributed by atoms with Gasteiger partial charge in [0.05, 0.1) is 0 Å². The number of hydrogen-bond acceptors (Lipinski definition) is 2. The zero-order valence-electron chi connectivity index (χ0n) is 7.74. The van der Waals surface area contributed by atoms with Crippen molar-refractivity contribution in [2.24, 2.45) is 0 Å². The summed E-state index contributed by atoms with van der Waals surface area (Å²) in [4.78, 5) is 2.68. The maximum Gasteiger partial charge on any atom is 0.0337 e. The number of thioether (sulfide) groups is 1. The predicted octanol–water partition coefficient (Wildman–Crippen LogP) is 5.57. The molecule has 0 unspecified atom stereocenters. The molecule has 0 amide bonds. The molecule has 4 heteroatoms. The highest BCUT2D eigenvalue weighted by Crippen LogP contribution is 2.31. The van der Waals surface area contributed by atoms with Crippen LogP contribution in [0.5, 0.6) is 0 Å². The van der Waals surface area contributed by atoms with E-state index in [0.717, 1.165) is 10.2 Å². The van der Waals surface area contributed by atoms with Gasteiger partial charge in [0.25, 0.3) is 0 Å². The van der Waals surface area contributed by atoms with Crippen LogP contribution in [-0.4, -0.2) is 0 Å². The van der Waals surface area contributed by atoms with Gasteiger partial charge in [-0.3, -0.25) is 0 Å². The predicted molar refractivity (Wildman–Crippen MR) is 75.7 cm³/mol. The van der Waals surface area contributed by atoms with Crippen molar-refractivity contribution in [1.82, 2.24) is 0 Å². The van der Waals surface area contributed by atoms with Crippen molar-refractivity contribution in [3.8, 4) is 0 Å². The van der Waals surface area contributed by atoms with Crippen molar-refractivity contribution in [3.63, 3.8) is 0 Å². The average molecular weight is 364 g/mol. The van der Waals surface area contributed by atoms with Crippen molar-refractivity contribution in [1.29, 1.82) is 0 Å². The first-order valence-electron chi connectivity index (χ1n) is 4.36. The van der Waals surface area contributed by atoms with Gasteiger partial charge in [-0.05, 0) is 45.6 Å². The number of halogens is 2. The summed E-state index contributed by atoms with van der Waals surface area (Å²) in [5, 5.41) is 2.11. The standard InChI is InChI=1S/C11H8Br2S2/c12-8-2-1-3-9(6-8)15-7-11-10(13)4-5-14-11/h1-6H,7H2. The second-order valence-electron chi connectivity index (χ2n) is 2.94. The number of hydrogen-bond donors (Lipinski definition) is 0. The Morgan fingerprint density at radius 2 is 2.07 bits per heavy atom. The molecule has 0 aliphatic carbocycles. The number of benzene rings is 1. The first-order chi connectivity index (χ1) is 7.25. The maximum atomic E-state index is 3.54. The minimum absolute atomic E-state index is 1.02. The second kappa shape index (κ2) is 5.53.